The van der Waals surface area contributed by atoms with Crippen LogP contribution in [0.5, 0.6) is 5.75 Å². The quantitative estimate of drug-likeness (QED) is 0.650. The van der Waals surface area contributed by atoms with Crippen LogP contribution in [-0.2, 0) is 6.54 Å². The Balaban J connectivity index is 1.73. The van der Waals surface area contributed by atoms with Crippen molar-refractivity contribution in [1.29, 1.82) is 0 Å². The first-order valence-corrected chi connectivity index (χ1v) is 7.48. The smallest absolute Gasteiger partial charge is 0.254 e. The van der Waals surface area contributed by atoms with E-state index in [1.807, 2.05) is 48.5 Å². The highest BCUT2D eigenvalue weighted by Crippen LogP contribution is 2.29. The van der Waals surface area contributed by atoms with Crippen LogP contribution in [0.4, 0.5) is 5.82 Å². The molecule has 1 amide bonds. The molecule has 0 aliphatic carbocycles. The predicted molar refractivity (Wildman–Crippen MR) is 92.9 cm³/mol. The van der Waals surface area contributed by atoms with Crippen LogP contribution >= 0.6 is 0 Å². The number of carbonyl (C=O) groups is 1. The lowest BCUT2D eigenvalue weighted by atomic mass is 10.0. The van der Waals surface area contributed by atoms with Crippen LogP contribution in [0.25, 0.3) is 11.1 Å². The Kier molecular flexibility index (Phi) is 4.47. The number of methoxy groups -OCH3 is 1. The number of rotatable bonds is 6. The molecule has 2 aromatic carbocycles. The first kappa shape index (κ1) is 15.6. The molecule has 0 aliphatic heterocycles. The number of H-pyrrole nitrogens is 1. The average Bonchev–Trinajstić information content (AvgIpc) is 3.09. The Morgan fingerprint density at radius 3 is 2.67 bits per heavy atom. The molecule has 122 valence electrons. The molecule has 3 rings (SSSR count). The summed E-state index contributed by atoms with van der Waals surface area (Å²) in [5.74, 6) is 0.848. The number of hydrogen-bond acceptors (Lipinski definition) is 4. The summed E-state index contributed by atoms with van der Waals surface area (Å²) in [5, 5.41) is 9.69. The first-order valence-electron chi connectivity index (χ1n) is 7.48. The van der Waals surface area contributed by atoms with Gasteiger partial charge in [-0.15, -0.1) is 0 Å². The second kappa shape index (κ2) is 6.87. The number of nitrogens with zero attached hydrogens (tertiary/aromatic N) is 1. The summed E-state index contributed by atoms with van der Waals surface area (Å²) in [4.78, 5) is 11.3. The third kappa shape index (κ3) is 3.22. The van der Waals surface area contributed by atoms with Crippen LogP contribution in [0, 0.1) is 0 Å². The standard InChI is InChI=1S/C18H18N4O2/c1-24-16-5-3-2-4-14(16)13-8-6-12(7-9-13)10-20-18-15(17(19)23)11-21-22-18/h2-9,11H,10H2,1H3,(H2,19,23)(H2,20,21,22). The fraction of sp³-hybridized carbons (Fsp3) is 0.111. The monoisotopic (exact) mass is 322 g/mol. The second-order valence-corrected chi connectivity index (χ2v) is 5.27. The molecule has 0 saturated carbocycles. The molecular formula is C18H18N4O2. The van der Waals surface area contributed by atoms with E-state index < -0.39 is 5.91 Å². The van der Waals surface area contributed by atoms with E-state index in [4.69, 9.17) is 10.5 Å². The van der Waals surface area contributed by atoms with Crippen LogP contribution in [-0.4, -0.2) is 23.2 Å². The molecule has 3 aromatic rings. The van der Waals surface area contributed by atoms with Crippen molar-refractivity contribution < 1.29 is 9.53 Å². The SMILES string of the molecule is COc1ccccc1-c1ccc(CNc2[nH]ncc2C(N)=O)cc1. The van der Waals surface area contributed by atoms with Gasteiger partial charge in [-0.1, -0.05) is 42.5 Å². The molecule has 0 saturated heterocycles. The van der Waals surface area contributed by atoms with Gasteiger partial charge in [0.05, 0.1) is 13.3 Å². The number of para-hydroxylation sites is 1. The molecule has 0 radical (unpaired) electrons. The molecule has 0 aliphatic rings. The predicted octanol–water partition coefficient (Wildman–Crippen LogP) is 2.80. The number of amides is 1. The lowest BCUT2D eigenvalue weighted by Crippen LogP contribution is -2.13. The maximum atomic E-state index is 11.3. The number of ether oxygens (including phenoxy) is 1. The van der Waals surface area contributed by atoms with Crippen molar-refractivity contribution in [2.45, 2.75) is 6.54 Å². The number of anilines is 1. The fourth-order valence-electron chi connectivity index (χ4n) is 2.48. The molecule has 1 aromatic heterocycles. The molecule has 6 nitrogen and oxygen atoms in total. The highest BCUT2D eigenvalue weighted by atomic mass is 16.5. The van der Waals surface area contributed by atoms with E-state index in [1.165, 1.54) is 6.20 Å². The van der Waals surface area contributed by atoms with Crippen LogP contribution in [0.1, 0.15) is 15.9 Å². The summed E-state index contributed by atoms with van der Waals surface area (Å²) < 4.78 is 5.39. The normalized spacial score (nSPS) is 10.4. The van der Waals surface area contributed by atoms with Crippen molar-refractivity contribution >= 4 is 11.7 Å². The summed E-state index contributed by atoms with van der Waals surface area (Å²) in [5.41, 5.74) is 8.83. The molecule has 0 bridgehead atoms. The number of aromatic amines is 1. The summed E-state index contributed by atoms with van der Waals surface area (Å²) in [6, 6.07) is 16.0. The van der Waals surface area contributed by atoms with Gasteiger partial charge in [-0.3, -0.25) is 9.89 Å². The maximum absolute atomic E-state index is 11.3. The third-order valence-corrected chi connectivity index (χ3v) is 3.75. The Bertz CT molecular complexity index is 840. The van der Waals surface area contributed by atoms with E-state index in [-0.39, 0.29) is 0 Å². The number of nitrogens with one attached hydrogen (secondary N) is 2. The lowest BCUT2D eigenvalue weighted by molar-refractivity contribution is 0.100. The second-order valence-electron chi connectivity index (χ2n) is 5.27. The molecule has 1 heterocycles. The Morgan fingerprint density at radius 1 is 1.21 bits per heavy atom. The van der Waals surface area contributed by atoms with Crippen molar-refractivity contribution in [2.24, 2.45) is 5.73 Å². The minimum Gasteiger partial charge on any atom is -0.496 e. The van der Waals surface area contributed by atoms with Gasteiger partial charge in [-0.25, -0.2) is 0 Å². The molecule has 0 unspecified atom stereocenters. The highest BCUT2D eigenvalue weighted by Gasteiger charge is 2.10. The van der Waals surface area contributed by atoms with E-state index in [0.717, 1.165) is 22.4 Å². The Hall–Kier alpha value is -3.28. The summed E-state index contributed by atoms with van der Waals surface area (Å²) in [6.45, 7) is 0.550. The number of nitrogens with two attached hydrogens (primary N) is 1. The summed E-state index contributed by atoms with van der Waals surface area (Å²) >= 11 is 0. The molecule has 0 fully saturated rings. The molecule has 0 atom stereocenters. The van der Waals surface area contributed by atoms with Gasteiger partial charge in [0, 0.05) is 12.1 Å². The van der Waals surface area contributed by atoms with Gasteiger partial charge in [0.1, 0.15) is 17.1 Å². The minimum absolute atomic E-state index is 0.348. The van der Waals surface area contributed by atoms with E-state index >= 15 is 0 Å². The number of aromatic nitrogens is 2. The molecule has 24 heavy (non-hydrogen) atoms. The summed E-state index contributed by atoms with van der Waals surface area (Å²) in [7, 11) is 1.66. The zero-order valence-electron chi connectivity index (χ0n) is 13.2. The topological polar surface area (TPSA) is 93.0 Å². The largest absolute Gasteiger partial charge is 0.496 e. The van der Waals surface area contributed by atoms with E-state index in [9.17, 15) is 4.79 Å². The number of hydrogen-bond donors (Lipinski definition) is 3. The average molecular weight is 322 g/mol. The van der Waals surface area contributed by atoms with Gasteiger partial charge in [-0.2, -0.15) is 5.10 Å². The highest BCUT2D eigenvalue weighted by molar-refractivity contribution is 5.97. The van der Waals surface area contributed by atoms with Crippen LogP contribution in [0.15, 0.2) is 54.7 Å². The van der Waals surface area contributed by atoms with Gasteiger partial charge in [0.25, 0.3) is 5.91 Å². The van der Waals surface area contributed by atoms with Gasteiger partial charge < -0.3 is 15.8 Å². The molecule has 0 spiro atoms. The van der Waals surface area contributed by atoms with Crippen molar-refractivity contribution in [3.63, 3.8) is 0 Å². The van der Waals surface area contributed by atoms with E-state index in [0.29, 0.717) is 17.9 Å². The fourth-order valence-corrected chi connectivity index (χ4v) is 2.48. The summed E-state index contributed by atoms with van der Waals surface area (Å²) in [6.07, 6.45) is 1.41. The molecule has 4 N–H and O–H groups in total. The number of carbonyl (C=O) groups excluding carboxylic acids is 1. The van der Waals surface area contributed by atoms with Crippen molar-refractivity contribution in [1.82, 2.24) is 10.2 Å². The minimum atomic E-state index is -0.516. The Morgan fingerprint density at radius 2 is 1.96 bits per heavy atom. The van der Waals surface area contributed by atoms with E-state index in [1.54, 1.807) is 7.11 Å². The van der Waals surface area contributed by atoms with Gasteiger partial charge in [-0.05, 0) is 17.2 Å². The van der Waals surface area contributed by atoms with Gasteiger partial charge >= 0.3 is 0 Å². The Labute approximate surface area is 139 Å². The van der Waals surface area contributed by atoms with Crippen LogP contribution < -0.4 is 15.8 Å². The lowest BCUT2D eigenvalue weighted by Gasteiger charge is -2.10. The van der Waals surface area contributed by atoms with Gasteiger partial charge in [0.2, 0.25) is 0 Å². The van der Waals surface area contributed by atoms with Gasteiger partial charge in [0.15, 0.2) is 0 Å². The van der Waals surface area contributed by atoms with Crippen LogP contribution in [0.3, 0.4) is 0 Å². The zero-order chi connectivity index (χ0) is 16.9. The van der Waals surface area contributed by atoms with Crippen molar-refractivity contribution in [3.05, 3.63) is 65.9 Å². The third-order valence-electron chi connectivity index (χ3n) is 3.75. The first-order chi connectivity index (χ1) is 11.7. The van der Waals surface area contributed by atoms with Crippen molar-refractivity contribution in [3.8, 4) is 16.9 Å². The number of primary amides is 1. The molecular weight excluding hydrogens is 304 g/mol. The zero-order valence-corrected chi connectivity index (χ0v) is 13.2. The van der Waals surface area contributed by atoms with Crippen molar-refractivity contribution in [2.75, 3.05) is 12.4 Å². The number of benzene rings is 2. The maximum Gasteiger partial charge on any atom is 0.254 e. The van der Waals surface area contributed by atoms with E-state index in [2.05, 4.69) is 15.5 Å². The molecule has 6 heteroatoms. The van der Waals surface area contributed by atoms with Crippen LogP contribution in [0.2, 0.25) is 0 Å².